The summed E-state index contributed by atoms with van der Waals surface area (Å²) in [5, 5.41) is 0. The number of likely N-dealkylation sites (tertiary alicyclic amines) is 1. The number of alkyl halides is 1. The Kier molecular flexibility index (Phi) is 3.15. The van der Waals surface area contributed by atoms with E-state index in [9.17, 15) is 4.79 Å². The van der Waals surface area contributed by atoms with Crippen LogP contribution >= 0.6 is 15.9 Å². The number of amides is 1. The van der Waals surface area contributed by atoms with Gasteiger partial charge in [-0.1, -0.05) is 22.9 Å². The highest BCUT2D eigenvalue weighted by Gasteiger charge is 2.35. The highest BCUT2D eigenvalue weighted by atomic mass is 79.9. The Morgan fingerprint density at radius 2 is 2.14 bits per heavy atom. The van der Waals surface area contributed by atoms with Crippen molar-refractivity contribution in [2.24, 2.45) is 11.8 Å². The maximum atomic E-state index is 12.0. The van der Waals surface area contributed by atoms with Gasteiger partial charge in [-0.3, -0.25) is 4.79 Å². The van der Waals surface area contributed by atoms with E-state index in [1.807, 2.05) is 4.90 Å². The Balaban J connectivity index is 1.89. The van der Waals surface area contributed by atoms with Crippen LogP contribution in [0.1, 0.15) is 32.6 Å². The quantitative estimate of drug-likeness (QED) is 0.698. The van der Waals surface area contributed by atoms with Crippen LogP contribution in [0, 0.1) is 11.8 Å². The Morgan fingerprint density at radius 1 is 1.43 bits per heavy atom. The Labute approximate surface area is 94.2 Å². The van der Waals surface area contributed by atoms with Gasteiger partial charge in [0, 0.05) is 23.8 Å². The van der Waals surface area contributed by atoms with Gasteiger partial charge in [0.2, 0.25) is 5.91 Å². The molecule has 14 heavy (non-hydrogen) atoms. The summed E-state index contributed by atoms with van der Waals surface area (Å²) in [5.74, 6) is 1.35. The smallest absolute Gasteiger partial charge is 0.225 e. The van der Waals surface area contributed by atoms with E-state index in [1.165, 1.54) is 19.3 Å². The fourth-order valence-corrected chi connectivity index (χ4v) is 2.88. The SMILES string of the molecule is CC(C(=O)N1CCCC(Br)C1)C1CC1. The van der Waals surface area contributed by atoms with Gasteiger partial charge in [0.25, 0.3) is 0 Å². The van der Waals surface area contributed by atoms with Gasteiger partial charge in [-0.2, -0.15) is 0 Å². The van der Waals surface area contributed by atoms with Crippen molar-refractivity contribution in [1.82, 2.24) is 4.90 Å². The van der Waals surface area contributed by atoms with Gasteiger partial charge in [0.15, 0.2) is 0 Å². The van der Waals surface area contributed by atoms with Crippen molar-refractivity contribution in [2.45, 2.75) is 37.4 Å². The van der Waals surface area contributed by atoms with Gasteiger partial charge in [-0.05, 0) is 31.6 Å². The van der Waals surface area contributed by atoms with Crippen LogP contribution in [0.15, 0.2) is 0 Å². The standard InChI is InChI=1S/C11H18BrNO/c1-8(9-4-5-9)11(14)13-6-2-3-10(12)7-13/h8-10H,2-7H2,1H3. The lowest BCUT2D eigenvalue weighted by Crippen LogP contribution is -2.43. The molecule has 0 aromatic heterocycles. The zero-order valence-corrected chi connectivity index (χ0v) is 10.3. The third kappa shape index (κ3) is 2.30. The van der Waals surface area contributed by atoms with Crippen molar-refractivity contribution in [3.8, 4) is 0 Å². The number of carbonyl (C=O) groups is 1. The van der Waals surface area contributed by atoms with Crippen molar-refractivity contribution in [3.05, 3.63) is 0 Å². The molecule has 2 unspecified atom stereocenters. The summed E-state index contributed by atoms with van der Waals surface area (Å²) in [6.07, 6.45) is 4.89. The Morgan fingerprint density at radius 3 is 2.71 bits per heavy atom. The second kappa shape index (κ2) is 4.21. The molecule has 0 aromatic carbocycles. The van der Waals surface area contributed by atoms with E-state index < -0.39 is 0 Å². The molecule has 2 nitrogen and oxygen atoms in total. The first-order chi connectivity index (χ1) is 6.68. The van der Waals surface area contributed by atoms with E-state index in [0.29, 0.717) is 16.7 Å². The van der Waals surface area contributed by atoms with Gasteiger partial charge in [0.05, 0.1) is 0 Å². The number of nitrogens with zero attached hydrogens (tertiary/aromatic N) is 1. The molecule has 1 aliphatic carbocycles. The topological polar surface area (TPSA) is 20.3 Å². The van der Waals surface area contributed by atoms with Gasteiger partial charge in [-0.15, -0.1) is 0 Å². The average Bonchev–Trinajstić information content (AvgIpc) is 2.99. The van der Waals surface area contributed by atoms with E-state index in [-0.39, 0.29) is 5.92 Å². The van der Waals surface area contributed by atoms with Crippen molar-refractivity contribution < 1.29 is 4.79 Å². The summed E-state index contributed by atoms with van der Waals surface area (Å²) in [5.41, 5.74) is 0. The lowest BCUT2D eigenvalue weighted by Gasteiger charge is -2.32. The maximum Gasteiger partial charge on any atom is 0.225 e. The largest absolute Gasteiger partial charge is 0.341 e. The van der Waals surface area contributed by atoms with Crippen LogP contribution < -0.4 is 0 Å². The monoisotopic (exact) mass is 259 g/mol. The minimum atomic E-state index is 0.271. The zero-order chi connectivity index (χ0) is 10.1. The Hall–Kier alpha value is -0.0500. The molecule has 0 radical (unpaired) electrons. The zero-order valence-electron chi connectivity index (χ0n) is 8.71. The first-order valence-electron chi connectivity index (χ1n) is 5.61. The highest BCUT2D eigenvalue weighted by molar-refractivity contribution is 9.09. The molecule has 80 valence electrons. The molecule has 1 saturated carbocycles. The lowest BCUT2D eigenvalue weighted by atomic mass is 10.0. The number of rotatable bonds is 2. The molecule has 2 aliphatic rings. The van der Waals surface area contributed by atoms with Crippen molar-refractivity contribution in [3.63, 3.8) is 0 Å². The molecule has 0 aromatic rings. The van der Waals surface area contributed by atoms with Gasteiger partial charge in [-0.25, -0.2) is 0 Å². The number of hydrogen-bond donors (Lipinski definition) is 0. The molecule has 0 N–H and O–H groups in total. The summed E-state index contributed by atoms with van der Waals surface area (Å²) in [6, 6.07) is 0. The molecule has 1 aliphatic heterocycles. The van der Waals surface area contributed by atoms with Crippen LogP contribution in [0.2, 0.25) is 0 Å². The van der Waals surface area contributed by atoms with Crippen LogP contribution in [-0.2, 0) is 4.79 Å². The number of carbonyl (C=O) groups excluding carboxylic acids is 1. The van der Waals surface area contributed by atoms with E-state index in [2.05, 4.69) is 22.9 Å². The fraction of sp³-hybridized carbons (Fsp3) is 0.909. The maximum absolute atomic E-state index is 12.0. The van der Waals surface area contributed by atoms with Crippen molar-refractivity contribution in [2.75, 3.05) is 13.1 Å². The summed E-state index contributed by atoms with van der Waals surface area (Å²) in [4.78, 5) is 14.6. The molecule has 0 bridgehead atoms. The minimum absolute atomic E-state index is 0.271. The first-order valence-corrected chi connectivity index (χ1v) is 6.53. The van der Waals surface area contributed by atoms with Crippen LogP contribution in [0.4, 0.5) is 0 Å². The molecule has 1 saturated heterocycles. The molecule has 2 rings (SSSR count). The van der Waals surface area contributed by atoms with E-state index in [1.54, 1.807) is 0 Å². The van der Waals surface area contributed by atoms with Crippen molar-refractivity contribution in [1.29, 1.82) is 0 Å². The summed E-state index contributed by atoms with van der Waals surface area (Å²) in [7, 11) is 0. The summed E-state index contributed by atoms with van der Waals surface area (Å²) >= 11 is 3.60. The average molecular weight is 260 g/mol. The molecule has 1 amide bonds. The molecule has 0 spiro atoms. The molecule has 3 heteroatoms. The number of halogens is 1. The predicted octanol–water partition coefficient (Wildman–Crippen LogP) is 2.42. The molecule has 2 fully saturated rings. The highest BCUT2D eigenvalue weighted by Crippen LogP contribution is 2.37. The van der Waals surface area contributed by atoms with E-state index in [4.69, 9.17) is 0 Å². The molecular formula is C11H18BrNO. The Bertz CT molecular complexity index is 227. The van der Waals surface area contributed by atoms with Crippen LogP contribution in [0.25, 0.3) is 0 Å². The lowest BCUT2D eigenvalue weighted by molar-refractivity contribution is -0.136. The summed E-state index contributed by atoms with van der Waals surface area (Å²) < 4.78 is 0. The molecular weight excluding hydrogens is 242 g/mol. The number of piperidine rings is 1. The van der Waals surface area contributed by atoms with Crippen LogP contribution in [0.3, 0.4) is 0 Å². The molecule has 2 atom stereocenters. The normalized spacial score (nSPS) is 30.1. The van der Waals surface area contributed by atoms with Gasteiger partial charge < -0.3 is 4.90 Å². The second-order valence-electron chi connectivity index (χ2n) is 4.65. The van der Waals surface area contributed by atoms with E-state index >= 15 is 0 Å². The molecule has 1 heterocycles. The van der Waals surface area contributed by atoms with E-state index in [0.717, 1.165) is 19.5 Å². The van der Waals surface area contributed by atoms with Crippen molar-refractivity contribution >= 4 is 21.8 Å². The van der Waals surface area contributed by atoms with Crippen LogP contribution in [-0.4, -0.2) is 28.7 Å². The predicted molar refractivity (Wildman–Crippen MR) is 60.4 cm³/mol. The third-order valence-electron chi connectivity index (χ3n) is 3.39. The minimum Gasteiger partial charge on any atom is -0.341 e. The first kappa shape index (κ1) is 10.5. The second-order valence-corrected chi connectivity index (χ2v) is 5.94. The van der Waals surface area contributed by atoms with Crippen LogP contribution in [0.5, 0.6) is 0 Å². The third-order valence-corrected chi connectivity index (χ3v) is 4.14. The fourth-order valence-electron chi connectivity index (χ4n) is 2.21. The van der Waals surface area contributed by atoms with Gasteiger partial charge in [0.1, 0.15) is 0 Å². The van der Waals surface area contributed by atoms with Gasteiger partial charge >= 0.3 is 0 Å². The number of hydrogen-bond acceptors (Lipinski definition) is 1. The summed E-state index contributed by atoms with van der Waals surface area (Å²) in [6.45, 7) is 3.98.